The first-order chi connectivity index (χ1) is 22.2. The molecule has 0 atom stereocenters. The smallest absolute Gasteiger partial charge is 0.459 e. The molecule has 9 nitrogen and oxygen atoms in total. The summed E-state index contributed by atoms with van der Waals surface area (Å²) >= 11 is 0. The van der Waals surface area contributed by atoms with Gasteiger partial charge in [0.05, 0.1) is 29.8 Å². The van der Waals surface area contributed by atoms with E-state index < -0.39 is 48.9 Å². The van der Waals surface area contributed by atoms with Crippen LogP contribution in [0.4, 0.5) is 45.2 Å². The third kappa shape index (κ3) is 8.62. The number of piperazine rings is 1. The van der Waals surface area contributed by atoms with Gasteiger partial charge < -0.3 is 14.5 Å². The number of aromatic nitrogens is 1. The van der Waals surface area contributed by atoms with Crippen molar-refractivity contribution in [3.8, 4) is 0 Å². The Hall–Kier alpha value is -4.22. The van der Waals surface area contributed by atoms with Crippen LogP contribution in [0.2, 0.25) is 0 Å². The molecule has 1 aromatic heterocycles. The lowest BCUT2D eigenvalue weighted by Gasteiger charge is -2.39. The molecule has 2 aromatic rings. The number of rotatable bonds is 13. The monoisotopic (exact) mass is 696 g/mol. The molecule has 1 aliphatic heterocycles. The first-order valence-electron chi connectivity index (χ1n) is 14.3. The molecule has 1 aliphatic rings. The summed E-state index contributed by atoms with van der Waals surface area (Å²) < 4.78 is 122. The van der Waals surface area contributed by atoms with Gasteiger partial charge in [-0.2, -0.15) is 35.8 Å². The Kier molecular flexibility index (Phi) is 11.9. The van der Waals surface area contributed by atoms with Gasteiger partial charge in [0.1, 0.15) is 6.29 Å². The van der Waals surface area contributed by atoms with Gasteiger partial charge in [-0.25, -0.2) is 8.78 Å². The van der Waals surface area contributed by atoms with Gasteiger partial charge in [-0.05, 0) is 49.7 Å². The molecule has 1 amide bonds. The third-order valence-corrected chi connectivity index (χ3v) is 7.67. The van der Waals surface area contributed by atoms with Crippen LogP contribution >= 0.6 is 0 Å². The molecule has 2 heterocycles. The van der Waals surface area contributed by atoms with Crippen LogP contribution in [-0.4, -0.2) is 110 Å². The van der Waals surface area contributed by atoms with Crippen molar-refractivity contribution in [1.82, 2.24) is 14.8 Å². The zero-order chi connectivity index (χ0) is 36.1. The zero-order valence-corrected chi connectivity index (χ0v) is 26.1. The van der Waals surface area contributed by atoms with E-state index in [2.05, 4.69) is 21.9 Å². The van der Waals surface area contributed by atoms with E-state index in [1.165, 1.54) is 36.3 Å². The summed E-state index contributed by atoms with van der Waals surface area (Å²) in [5.41, 5.74) is 0.333. The molecule has 0 spiro atoms. The molecular formula is C30H33F9N6O3. The van der Waals surface area contributed by atoms with Crippen molar-refractivity contribution in [2.45, 2.75) is 50.3 Å². The van der Waals surface area contributed by atoms with E-state index in [9.17, 15) is 49.1 Å². The Balaban J connectivity index is 1.73. The maximum atomic E-state index is 13.9. The van der Waals surface area contributed by atoms with Gasteiger partial charge in [0.25, 0.3) is 6.43 Å². The number of carbonyl (C=O) groups is 2. The predicted molar refractivity (Wildman–Crippen MR) is 158 cm³/mol. The molecule has 48 heavy (non-hydrogen) atoms. The topological polar surface area (TPSA) is 90.7 Å². The molecule has 264 valence electrons. The van der Waals surface area contributed by atoms with Gasteiger partial charge in [0.2, 0.25) is 11.8 Å². The average Bonchev–Trinajstić information content (AvgIpc) is 3.02. The number of nitrogens with zero attached hydrogens (tertiary/aromatic N) is 6. The predicted octanol–water partition coefficient (Wildman–Crippen LogP) is 5.43. The summed E-state index contributed by atoms with van der Waals surface area (Å²) in [5, 5.41) is 6.88. The number of hydrogen-bond acceptors (Lipinski definition) is 8. The second-order valence-corrected chi connectivity index (χ2v) is 11.5. The summed E-state index contributed by atoms with van der Waals surface area (Å²) in [5.74, 6) is -12.2. The molecule has 0 radical (unpaired) electrons. The molecule has 0 unspecified atom stereocenters. The lowest BCUT2D eigenvalue weighted by atomic mass is 9.80. The fraction of sp³-hybridized carbons (Fsp3) is 0.500. The van der Waals surface area contributed by atoms with E-state index in [1.54, 1.807) is 30.9 Å². The highest BCUT2D eigenvalue weighted by atomic mass is 19.4. The van der Waals surface area contributed by atoms with Crippen LogP contribution in [0.3, 0.4) is 0 Å². The van der Waals surface area contributed by atoms with E-state index in [0.717, 1.165) is 4.90 Å². The van der Waals surface area contributed by atoms with E-state index in [-0.39, 0.29) is 49.7 Å². The SMILES string of the molecule is C=N/N=C(\OCC(F)F)c1ccc(CN(C)C(=O)C(C)(C)c2cc(N3CCN(CC(F)(F)C(F)(F)C(F)(F)F)CC3)ccc2C=O)nc1. The molecule has 1 aromatic carbocycles. The summed E-state index contributed by atoms with van der Waals surface area (Å²) in [6, 6.07) is 7.59. The highest BCUT2D eigenvalue weighted by molar-refractivity contribution is 5.94. The summed E-state index contributed by atoms with van der Waals surface area (Å²) in [7, 11) is 1.50. The number of ether oxygens (including phenoxy) is 1. The minimum atomic E-state index is -6.41. The van der Waals surface area contributed by atoms with Crippen molar-refractivity contribution in [3.05, 3.63) is 58.9 Å². The van der Waals surface area contributed by atoms with Crippen molar-refractivity contribution in [1.29, 1.82) is 0 Å². The van der Waals surface area contributed by atoms with Crippen LogP contribution < -0.4 is 4.90 Å². The highest BCUT2D eigenvalue weighted by Gasteiger charge is 2.73. The molecule has 0 aliphatic carbocycles. The first kappa shape index (κ1) is 38.2. The number of amides is 1. The maximum Gasteiger partial charge on any atom is 0.459 e. The van der Waals surface area contributed by atoms with Gasteiger partial charge in [-0.1, -0.05) is 0 Å². The van der Waals surface area contributed by atoms with Crippen LogP contribution in [0.5, 0.6) is 0 Å². The minimum absolute atomic E-state index is 0.00269. The van der Waals surface area contributed by atoms with Crippen molar-refractivity contribution >= 4 is 30.5 Å². The second kappa shape index (κ2) is 14.9. The number of anilines is 1. The van der Waals surface area contributed by atoms with Gasteiger partial charge in [0, 0.05) is 57.4 Å². The van der Waals surface area contributed by atoms with E-state index in [1.807, 2.05) is 0 Å². The number of likely N-dealkylation sites (N-methyl/N-ethyl adjacent to an activating group) is 1. The molecular weight excluding hydrogens is 663 g/mol. The standard InChI is InChI=1S/C30H33F9N6O3/c1-27(2,26(47)43(4)15-21-7-5-19(14-41-21)25(42-40-3)48-17-24(31)32)23-13-22(8-6-20(23)16-46)45-11-9-44(10-12-45)18-28(33,34)29(35,36)30(37,38)39/h5-8,13-14,16,24H,3,9-12,15,17-18H2,1-2,4H3/b42-25-. The molecule has 1 saturated heterocycles. The van der Waals surface area contributed by atoms with Gasteiger partial charge in [-0.15, -0.1) is 5.10 Å². The van der Waals surface area contributed by atoms with E-state index in [4.69, 9.17) is 4.74 Å². The van der Waals surface area contributed by atoms with Crippen LogP contribution in [0.25, 0.3) is 0 Å². The lowest BCUT2D eigenvalue weighted by molar-refractivity contribution is -0.356. The van der Waals surface area contributed by atoms with Crippen molar-refractivity contribution in [3.63, 3.8) is 0 Å². The number of carbonyl (C=O) groups excluding carboxylic acids is 2. The lowest BCUT2D eigenvalue weighted by Crippen LogP contribution is -2.59. The molecule has 0 saturated carbocycles. The fourth-order valence-electron chi connectivity index (χ4n) is 5.06. The van der Waals surface area contributed by atoms with Crippen LogP contribution in [0.15, 0.2) is 46.7 Å². The highest BCUT2D eigenvalue weighted by Crippen LogP contribution is 2.47. The molecule has 1 fully saturated rings. The summed E-state index contributed by atoms with van der Waals surface area (Å²) in [4.78, 5) is 33.7. The van der Waals surface area contributed by atoms with E-state index in [0.29, 0.717) is 23.2 Å². The second-order valence-electron chi connectivity index (χ2n) is 11.5. The van der Waals surface area contributed by atoms with Crippen LogP contribution in [0.1, 0.15) is 41.0 Å². The third-order valence-electron chi connectivity index (χ3n) is 7.67. The van der Waals surface area contributed by atoms with Crippen LogP contribution in [-0.2, 0) is 21.5 Å². The summed E-state index contributed by atoms with van der Waals surface area (Å²) in [6.07, 6.45) is -7.31. The average molecular weight is 697 g/mol. The normalized spacial score (nSPS) is 15.4. The first-order valence-corrected chi connectivity index (χ1v) is 14.3. The van der Waals surface area contributed by atoms with Crippen molar-refractivity contribution in [2.75, 3.05) is 51.3 Å². The quantitative estimate of drug-likeness (QED) is 0.0913. The number of hydrogen-bond donors (Lipinski definition) is 0. The van der Waals surface area contributed by atoms with Gasteiger partial charge in [-0.3, -0.25) is 19.5 Å². The number of benzene rings is 1. The fourth-order valence-corrected chi connectivity index (χ4v) is 5.06. The molecule has 0 bridgehead atoms. The Morgan fingerprint density at radius 1 is 1.06 bits per heavy atom. The number of halogens is 9. The Morgan fingerprint density at radius 3 is 2.23 bits per heavy atom. The molecule has 18 heteroatoms. The van der Waals surface area contributed by atoms with Gasteiger partial charge >= 0.3 is 18.0 Å². The van der Waals surface area contributed by atoms with E-state index >= 15 is 0 Å². The largest absolute Gasteiger partial charge is 0.470 e. The zero-order valence-electron chi connectivity index (χ0n) is 26.1. The number of aldehydes is 1. The Bertz CT molecular complexity index is 1480. The summed E-state index contributed by atoms with van der Waals surface area (Å²) in [6.45, 7) is 3.12. The Morgan fingerprint density at radius 2 is 1.71 bits per heavy atom. The van der Waals surface area contributed by atoms with Crippen molar-refractivity contribution in [2.24, 2.45) is 10.2 Å². The minimum Gasteiger partial charge on any atom is -0.470 e. The maximum absolute atomic E-state index is 13.9. The number of pyridine rings is 1. The molecule has 3 rings (SSSR count). The Labute approximate surface area is 270 Å². The van der Waals surface area contributed by atoms with Gasteiger partial charge in [0.15, 0.2) is 6.61 Å². The van der Waals surface area contributed by atoms with Crippen molar-refractivity contribution < 1.29 is 53.8 Å². The molecule has 0 N–H and O–H groups in total. The number of alkyl halides is 9. The van der Waals surface area contributed by atoms with Crippen LogP contribution in [0, 0.1) is 0 Å².